The molecule has 3 aromatic rings. The van der Waals surface area contributed by atoms with Crippen LogP contribution in [-0.4, -0.2) is 19.6 Å². The highest BCUT2D eigenvalue weighted by molar-refractivity contribution is 6.07. The van der Waals surface area contributed by atoms with Crippen LogP contribution in [0.4, 0.5) is 0 Å². The highest BCUT2D eigenvalue weighted by atomic mass is 16.5. The minimum Gasteiger partial charge on any atom is -0.497 e. The summed E-state index contributed by atoms with van der Waals surface area (Å²) >= 11 is 0. The van der Waals surface area contributed by atoms with Gasteiger partial charge in [-0.05, 0) is 37.1 Å². The van der Waals surface area contributed by atoms with Gasteiger partial charge in [0.15, 0.2) is 0 Å². The van der Waals surface area contributed by atoms with Crippen molar-refractivity contribution in [3.05, 3.63) is 65.4 Å². The van der Waals surface area contributed by atoms with Crippen LogP contribution < -0.4 is 10.1 Å². The molecule has 3 rings (SSSR count). The molecule has 0 aliphatic carbocycles. The summed E-state index contributed by atoms with van der Waals surface area (Å²) in [6.07, 6.45) is 0.796. The number of benzene rings is 2. The van der Waals surface area contributed by atoms with E-state index in [9.17, 15) is 4.79 Å². The summed E-state index contributed by atoms with van der Waals surface area (Å²) in [6, 6.07) is 15.6. The van der Waals surface area contributed by atoms with Gasteiger partial charge < -0.3 is 14.5 Å². The van der Waals surface area contributed by atoms with Crippen molar-refractivity contribution in [3.8, 4) is 5.75 Å². The number of furan rings is 1. The van der Waals surface area contributed by atoms with E-state index in [-0.39, 0.29) is 5.91 Å². The number of carbonyl (C=O) groups excluding carboxylic acids is 1. The quantitative estimate of drug-likeness (QED) is 0.781. The zero-order chi connectivity index (χ0) is 16.2. The number of amides is 1. The molecule has 4 nitrogen and oxygen atoms in total. The predicted molar refractivity (Wildman–Crippen MR) is 90.0 cm³/mol. The van der Waals surface area contributed by atoms with Gasteiger partial charge in [-0.1, -0.05) is 30.3 Å². The number of ether oxygens (including phenoxy) is 1. The second-order valence-electron chi connectivity index (χ2n) is 5.39. The molecular weight excluding hydrogens is 290 g/mol. The minimum atomic E-state index is -0.120. The van der Waals surface area contributed by atoms with Gasteiger partial charge in [0.2, 0.25) is 0 Å². The molecule has 0 radical (unpaired) electrons. The lowest BCUT2D eigenvalue weighted by molar-refractivity contribution is 0.0954. The van der Waals surface area contributed by atoms with Gasteiger partial charge in [-0.25, -0.2) is 0 Å². The Morgan fingerprint density at radius 3 is 2.70 bits per heavy atom. The molecule has 0 unspecified atom stereocenters. The standard InChI is InChI=1S/C19H19NO3/c1-13-18(16-12-15(22-2)8-9-17(16)23-13)19(21)20-11-10-14-6-4-3-5-7-14/h3-9,12H,10-11H2,1-2H3,(H,20,21). The molecule has 0 atom stereocenters. The Balaban J connectivity index is 1.76. The lowest BCUT2D eigenvalue weighted by Gasteiger charge is -2.05. The maximum atomic E-state index is 12.5. The number of aryl methyl sites for hydroxylation is 1. The second-order valence-corrected chi connectivity index (χ2v) is 5.39. The third-order valence-electron chi connectivity index (χ3n) is 3.84. The Kier molecular flexibility index (Phi) is 4.33. The van der Waals surface area contributed by atoms with Crippen LogP contribution >= 0.6 is 0 Å². The monoisotopic (exact) mass is 309 g/mol. The topological polar surface area (TPSA) is 51.5 Å². The molecule has 0 saturated carbocycles. The molecule has 0 aliphatic heterocycles. The van der Waals surface area contributed by atoms with Crippen molar-refractivity contribution >= 4 is 16.9 Å². The van der Waals surface area contributed by atoms with E-state index in [4.69, 9.17) is 9.15 Å². The molecule has 2 aromatic carbocycles. The Labute approximate surface area is 135 Å². The number of carbonyl (C=O) groups is 1. The molecule has 4 heteroatoms. The molecule has 1 N–H and O–H groups in total. The van der Waals surface area contributed by atoms with Crippen LogP contribution in [0.2, 0.25) is 0 Å². The number of rotatable bonds is 5. The zero-order valence-corrected chi connectivity index (χ0v) is 13.3. The summed E-state index contributed by atoms with van der Waals surface area (Å²) in [6.45, 7) is 2.39. The molecule has 23 heavy (non-hydrogen) atoms. The van der Waals surface area contributed by atoms with E-state index in [1.54, 1.807) is 14.0 Å². The van der Waals surface area contributed by atoms with Gasteiger partial charge in [-0.3, -0.25) is 4.79 Å². The SMILES string of the molecule is COc1ccc2oc(C)c(C(=O)NCCc3ccccc3)c2c1. The van der Waals surface area contributed by atoms with Crippen LogP contribution in [0.25, 0.3) is 11.0 Å². The summed E-state index contributed by atoms with van der Waals surface area (Å²) in [7, 11) is 1.60. The Morgan fingerprint density at radius 1 is 1.17 bits per heavy atom. The maximum Gasteiger partial charge on any atom is 0.255 e. The third kappa shape index (κ3) is 3.21. The van der Waals surface area contributed by atoms with Crippen molar-refractivity contribution in [1.82, 2.24) is 5.32 Å². The summed E-state index contributed by atoms with van der Waals surface area (Å²) in [5, 5.41) is 3.74. The van der Waals surface area contributed by atoms with Crippen molar-refractivity contribution < 1.29 is 13.9 Å². The predicted octanol–water partition coefficient (Wildman–Crippen LogP) is 3.72. The van der Waals surface area contributed by atoms with Crippen molar-refractivity contribution in [3.63, 3.8) is 0 Å². The number of nitrogens with one attached hydrogen (secondary N) is 1. The highest BCUT2D eigenvalue weighted by Gasteiger charge is 2.18. The molecule has 118 valence electrons. The maximum absolute atomic E-state index is 12.5. The van der Waals surface area contributed by atoms with Crippen LogP contribution in [0.3, 0.4) is 0 Å². The van der Waals surface area contributed by atoms with Crippen molar-refractivity contribution in [2.75, 3.05) is 13.7 Å². The molecule has 0 aliphatic rings. The first-order chi connectivity index (χ1) is 11.2. The van der Waals surface area contributed by atoms with E-state index in [0.717, 1.165) is 11.8 Å². The average Bonchev–Trinajstić information content (AvgIpc) is 2.90. The van der Waals surface area contributed by atoms with Crippen LogP contribution in [0.5, 0.6) is 5.75 Å². The first-order valence-corrected chi connectivity index (χ1v) is 7.58. The van der Waals surface area contributed by atoms with E-state index in [2.05, 4.69) is 17.4 Å². The van der Waals surface area contributed by atoms with E-state index in [1.165, 1.54) is 5.56 Å². The van der Waals surface area contributed by atoms with Gasteiger partial charge in [0.25, 0.3) is 5.91 Å². The molecule has 0 bridgehead atoms. The van der Waals surface area contributed by atoms with Crippen LogP contribution in [0.1, 0.15) is 21.7 Å². The van der Waals surface area contributed by atoms with Crippen molar-refractivity contribution in [1.29, 1.82) is 0 Å². The minimum absolute atomic E-state index is 0.120. The van der Waals surface area contributed by atoms with E-state index < -0.39 is 0 Å². The summed E-state index contributed by atoms with van der Waals surface area (Å²) < 4.78 is 10.9. The fourth-order valence-corrected chi connectivity index (χ4v) is 2.66. The van der Waals surface area contributed by atoms with Gasteiger partial charge in [0.1, 0.15) is 17.1 Å². The highest BCUT2D eigenvalue weighted by Crippen LogP contribution is 2.28. The molecule has 0 fully saturated rings. The summed E-state index contributed by atoms with van der Waals surface area (Å²) in [5.74, 6) is 1.20. The van der Waals surface area contributed by atoms with E-state index in [0.29, 0.717) is 29.2 Å². The van der Waals surface area contributed by atoms with E-state index >= 15 is 0 Å². The number of hydrogen-bond donors (Lipinski definition) is 1. The largest absolute Gasteiger partial charge is 0.497 e. The normalized spacial score (nSPS) is 10.7. The van der Waals surface area contributed by atoms with Gasteiger partial charge >= 0.3 is 0 Å². The fourth-order valence-electron chi connectivity index (χ4n) is 2.66. The second kappa shape index (κ2) is 6.57. The summed E-state index contributed by atoms with van der Waals surface area (Å²) in [5.41, 5.74) is 2.46. The van der Waals surface area contributed by atoms with Crippen molar-refractivity contribution in [2.45, 2.75) is 13.3 Å². The van der Waals surface area contributed by atoms with Gasteiger partial charge in [-0.15, -0.1) is 0 Å². The summed E-state index contributed by atoms with van der Waals surface area (Å²) in [4.78, 5) is 12.5. The number of fused-ring (bicyclic) bond motifs is 1. The Bertz CT molecular complexity index is 821. The number of hydrogen-bond acceptors (Lipinski definition) is 3. The number of methoxy groups -OCH3 is 1. The molecule has 0 saturated heterocycles. The fraction of sp³-hybridized carbons (Fsp3) is 0.211. The lowest BCUT2D eigenvalue weighted by Crippen LogP contribution is -2.26. The van der Waals surface area contributed by atoms with Gasteiger partial charge in [0, 0.05) is 11.9 Å². The van der Waals surface area contributed by atoms with Crippen LogP contribution in [-0.2, 0) is 6.42 Å². The third-order valence-corrected chi connectivity index (χ3v) is 3.84. The molecule has 1 heterocycles. The first kappa shape index (κ1) is 15.2. The van der Waals surface area contributed by atoms with Crippen molar-refractivity contribution in [2.24, 2.45) is 0 Å². The van der Waals surface area contributed by atoms with E-state index in [1.807, 2.05) is 36.4 Å². The average molecular weight is 309 g/mol. The Morgan fingerprint density at radius 2 is 1.96 bits per heavy atom. The molecule has 0 spiro atoms. The smallest absolute Gasteiger partial charge is 0.255 e. The van der Waals surface area contributed by atoms with Crippen LogP contribution in [0, 0.1) is 6.92 Å². The molecule has 1 aromatic heterocycles. The zero-order valence-electron chi connectivity index (χ0n) is 13.3. The van der Waals surface area contributed by atoms with Gasteiger partial charge in [0.05, 0.1) is 12.7 Å². The van der Waals surface area contributed by atoms with Gasteiger partial charge in [-0.2, -0.15) is 0 Å². The molecule has 1 amide bonds. The molecular formula is C19H19NO3. The Hall–Kier alpha value is -2.75. The first-order valence-electron chi connectivity index (χ1n) is 7.58. The van der Waals surface area contributed by atoms with Crippen LogP contribution in [0.15, 0.2) is 52.9 Å². The lowest BCUT2D eigenvalue weighted by atomic mass is 10.1.